The number of nitriles is 1. The molecule has 0 saturated carbocycles. The lowest BCUT2D eigenvalue weighted by molar-refractivity contribution is -0.107. The van der Waals surface area contributed by atoms with E-state index in [1.807, 2.05) is 6.07 Å². The molecule has 1 aromatic rings. The first-order valence-corrected chi connectivity index (χ1v) is 3.98. The topological polar surface area (TPSA) is 40.9 Å². The molecule has 2 nitrogen and oxygen atoms in total. The van der Waals surface area contributed by atoms with Crippen LogP contribution in [-0.4, -0.2) is 5.24 Å². The van der Waals surface area contributed by atoms with Crippen LogP contribution in [0.4, 0.5) is 0 Å². The summed E-state index contributed by atoms with van der Waals surface area (Å²) in [5, 5.41) is 8.05. The summed E-state index contributed by atoms with van der Waals surface area (Å²) in [6, 6.07) is 8.91. The van der Waals surface area contributed by atoms with Crippen molar-refractivity contribution in [2.45, 2.75) is 0 Å². The van der Waals surface area contributed by atoms with E-state index in [1.165, 1.54) is 6.08 Å². The highest BCUT2D eigenvalue weighted by molar-refractivity contribution is 6.66. The molecule has 0 aliphatic carbocycles. The van der Waals surface area contributed by atoms with Crippen LogP contribution in [-0.2, 0) is 4.79 Å². The quantitative estimate of drug-likeness (QED) is 0.532. The van der Waals surface area contributed by atoms with E-state index in [0.717, 1.165) is 5.56 Å². The van der Waals surface area contributed by atoms with Crippen LogP contribution < -0.4 is 0 Å². The third-order valence-corrected chi connectivity index (χ3v) is 1.55. The third kappa shape index (κ3) is 3.10. The van der Waals surface area contributed by atoms with E-state index in [0.29, 0.717) is 5.56 Å². The van der Waals surface area contributed by atoms with Gasteiger partial charge in [0.05, 0.1) is 11.6 Å². The van der Waals surface area contributed by atoms with E-state index in [-0.39, 0.29) is 0 Å². The molecule has 0 atom stereocenters. The Morgan fingerprint density at radius 3 is 2.92 bits per heavy atom. The highest BCUT2D eigenvalue weighted by atomic mass is 35.5. The molecule has 0 heterocycles. The number of nitrogens with zero attached hydrogens (tertiary/aromatic N) is 1. The summed E-state index contributed by atoms with van der Waals surface area (Å²) in [7, 11) is 0. The molecular formula is C10H6ClNO. The van der Waals surface area contributed by atoms with E-state index in [2.05, 4.69) is 0 Å². The molecule has 0 saturated heterocycles. The molecule has 0 aromatic heterocycles. The van der Waals surface area contributed by atoms with E-state index in [4.69, 9.17) is 16.9 Å². The molecule has 1 rings (SSSR count). The molecule has 0 radical (unpaired) electrons. The Morgan fingerprint density at radius 2 is 2.31 bits per heavy atom. The van der Waals surface area contributed by atoms with E-state index >= 15 is 0 Å². The van der Waals surface area contributed by atoms with Crippen molar-refractivity contribution in [3.8, 4) is 6.07 Å². The first-order chi connectivity index (χ1) is 6.22. The van der Waals surface area contributed by atoms with Crippen molar-refractivity contribution in [3.63, 3.8) is 0 Å². The van der Waals surface area contributed by atoms with Gasteiger partial charge in [0.15, 0.2) is 0 Å². The summed E-state index contributed by atoms with van der Waals surface area (Å²) in [4.78, 5) is 10.4. The second-order valence-corrected chi connectivity index (χ2v) is 2.75. The number of carbonyl (C=O) groups is 1. The van der Waals surface area contributed by atoms with Crippen molar-refractivity contribution in [1.29, 1.82) is 5.26 Å². The first kappa shape index (κ1) is 9.50. The Labute approximate surface area is 81.1 Å². The monoisotopic (exact) mass is 191 g/mol. The van der Waals surface area contributed by atoms with Gasteiger partial charge >= 0.3 is 0 Å². The van der Waals surface area contributed by atoms with Crippen LogP contribution in [0.25, 0.3) is 6.08 Å². The van der Waals surface area contributed by atoms with Crippen molar-refractivity contribution in [1.82, 2.24) is 0 Å². The average molecular weight is 192 g/mol. The molecule has 0 aliphatic rings. The van der Waals surface area contributed by atoms with Gasteiger partial charge in [-0.25, -0.2) is 0 Å². The van der Waals surface area contributed by atoms with Gasteiger partial charge in [-0.3, -0.25) is 4.79 Å². The molecular weight excluding hydrogens is 186 g/mol. The van der Waals surface area contributed by atoms with Gasteiger partial charge < -0.3 is 0 Å². The summed E-state index contributed by atoms with van der Waals surface area (Å²) in [6.07, 6.45) is 2.81. The van der Waals surface area contributed by atoms with Crippen LogP contribution in [0.15, 0.2) is 30.3 Å². The van der Waals surface area contributed by atoms with Crippen LogP contribution >= 0.6 is 11.6 Å². The predicted octanol–water partition coefficient (Wildman–Crippen LogP) is 2.34. The normalized spacial score (nSPS) is 9.85. The van der Waals surface area contributed by atoms with Gasteiger partial charge in [0.1, 0.15) is 0 Å². The lowest BCUT2D eigenvalue weighted by atomic mass is 10.1. The Bertz CT molecular complexity index is 390. The number of benzene rings is 1. The fraction of sp³-hybridized carbons (Fsp3) is 0. The zero-order chi connectivity index (χ0) is 9.68. The second kappa shape index (κ2) is 4.44. The second-order valence-electron chi connectivity index (χ2n) is 2.37. The lowest BCUT2D eigenvalue weighted by Crippen LogP contribution is -1.78. The number of halogens is 1. The SMILES string of the molecule is N#Cc1cccc(C=CC(=O)Cl)c1. The molecule has 0 N–H and O–H groups in total. The zero-order valence-electron chi connectivity index (χ0n) is 6.70. The fourth-order valence-corrected chi connectivity index (χ4v) is 0.937. The standard InChI is InChI=1S/C10H6ClNO/c11-10(13)5-4-8-2-1-3-9(6-8)7-12/h1-6H. The van der Waals surface area contributed by atoms with Gasteiger partial charge in [-0.05, 0) is 35.4 Å². The van der Waals surface area contributed by atoms with Crippen LogP contribution in [0.5, 0.6) is 0 Å². The highest BCUT2D eigenvalue weighted by Gasteiger charge is 1.91. The molecule has 0 amide bonds. The number of rotatable bonds is 2. The predicted molar refractivity (Wildman–Crippen MR) is 51.1 cm³/mol. The Morgan fingerprint density at radius 1 is 1.54 bits per heavy atom. The van der Waals surface area contributed by atoms with Crippen LogP contribution in [0, 0.1) is 11.3 Å². The van der Waals surface area contributed by atoms with E-state index in [1.54, 1.807) is 30.3 Å². The van der Waals surface area contributed by atoms with Crippen molar-refractivity contribution in [2.24, 2.45) is 0 Å². The molecule has 0 fully saturated rings. The Hall–Kier alpha value is -1.59. The van der Waals surface area contributed by atoms with Gasteiger partial charge in [0.25, 0.3) is 0 Å². The molecule has 0 spiro atoms. The van der Waals surface area contributed by atoms with Gasteiger partial charge in [-0.1, -0.05) is 18.2 Å². The van der Waals surface area contributed by atoms with Gasteiger partial charge in [-0.2, -0.15) is 5.26 Å². The van der Waals surface area contributed by atoms with Crippen LogP contribution in [0.3, 0.4) is 0 Å². The van der Waals surface area contributed by atoms with Gasteiger partial charge in [0.2, 0.25) is 5.24 Å². The smallest absolute Gasteiger partial charge is 0.245 e. The summed E-state index contributed by atoms with van der Waals surface area (Å²) < 4.78 is 0. The lowest BCUT2D eigenvalue weighted by Gasteiger charge is -1.91. The third-order valence-electron chi connectivity index (χ3n) is 1.42. The largest absolute Gasteiger partial charge is 0.276 e. The zero-order valence-corrected chi connectivity index (χ0v) is 7.45. The van der Waals surface area contributed by atoms with Crippen molar-refractivity contribution in [2.75, 3.05) is 0 Å². The summed E-state index contributed by atoms with van der Waals surface area (Å²) in [5.41, 5.74) is 1.34. The average Bonchev–Trinajstić information content (AvgIpc) is 2.15. The number of hydrogen-bond donors (Lipinski definition) is 0. The molecule has 0 unspecified atom stereocenters. The van der Waals surface area contributed by atoms with Crippen molar-refractivity contribution >= 4 is 22.9 Å². The van der Waals surface area contributed by atoms with Crippen LogP contribution in [0.2, 0.25) is 0 Å². The maximum atomic E-state index is 10.4. The summed E-state index contributed by atoms with van der Waals surface area (Å²) >= 11 is 5.11. The molecule has 3 heteroatoms. The fourth-order valence-electron chi connectivity index (χ4n) is 0.874. The Kier molecular flexibility index (Phi) is 3.24. The summed E-state index contributed by atoms with van der Waals surface area (Å²) in [6.45, 7) is 0. The van der Waals surface area contributed by atoms with Crippen molar-refractivity contribution in [3.05, 3.63) is 41.5 Å². The Balaban J connectivity index is 2.91. The molecule has 1 aromatic carbocycles. The number of hydrogen-bond acceptors (Lipinski definition) is 2. The molecule has 64 valence electrons. The molecule has 0 aliphatic heterocycles. The molecule has 13 heavy (non-hydrogen) atoms. The minimum absolute atomic E-state index is 0.526. The van der Waals surface area contributed by atoms with Crippen LogP contribution in [0.1, 0.15) is 11.1 Å². The highest BCUT2D eigenvalue weighted by Crippen LogP contribution is 2.06. The minimum Gasteiger partial charge on any atom is -0.276 e. The number of carbonyl (C=O) groups excluding carboxylic acids is 1. The van der Waals surface area contributed by atoms with E-state index < -0.39 is 5.24 Å². The van der Waals surface area contributed by atoms with Gasteiger partial charge in [0, 0.05) is 0 Å². The van der Waals surface area contributed by atoms with E-state index in [9.17, 15) is 4.79 Å². The molecule has 0 bridgehead atoms. The summed E-state index contributed by atoms with van der Waals surface area (Å²) in [5.74, 6) is 0. The number of allylic oxidation sites excluding steroid dienone is 1. The first-order valence-electron chi connectivity index (χ1n) is 3.60. The van der Waals surface area contributed by atoms with Crippen molar-refractivity contribution < 1.29 is 4.79 Å². The minimum atomic E-state index is -0.526. The maximum Gasteiger partial charge on any atom is 0.245 e. The van der Waals surface area contributed by atoms with Gasteiger partial charge in [-0.15, -0.1) is 0 Å². The maximum absolute atomic E-state index is 10.4.